The quantitative estimate of drug-likeness (QED) is 0.598. The van der Waals surface area contributed by atoms with Crippen molar-refractivity contribution in [2.75, 3.05) is 0 Å². The summed E-state index contributed by atoms with van der Waals surface area (Å²) in [5.41, 5.74) is 0. The van der Waals surface area contributed by atoms with Gasteiger partial charge in [-0.1, -0.05) is 64.2 Å². The molecule has 1 nitrogen and oxygen atoms in total. The van der Waals surface area contributed by atoms with E-state index in [9.17, 15) is 0 Å². The summed E-state index contributed by atoms with van der Waals surface area (Å²) in [4.78, 5) is 0. The highest BCUT2D eigenvalue weighted by atomic mass is 16.5. The first-order valence-corrected chi connectivity index (χ1v) is 10.6. The molecule has 4 atom stereocenters. The molecule has 0 amide bonds. The molecule has 0 spiro atoms. The first-order valence-electron chi connectivity index (χ1n) is 10.6. The van der Waals surface area contributed by atoms with Gasteiger partial charge in [-0.05, 0) is 55.8 Å². The van der Waals surface area contributed by atoms with E-state index in [4.69, 9.17) is 4.74 Å². The number of hydrogen-bond donors (Lipinski definition) is 0. The van der Waals surface area contributed by atoms with E-state index in [1.165, 1.54) is 96.3 Å². The van der Waals surface area contributed by atoms with Gasteiger partial charge in [0.25, 0.3) is 0 Å². The number of fused-ring (bicyclic) bond motifs is 1. The highest BCUT2D eigenvalue weighted by Gasteiger charge is 2.44. The largest absolute Gasteiger partial charge is 0.374 e. The van der Waals surface area contributed by atoms with E-state index in [0.717, 1.165) is 23.7 Å². The van der Waals surface area contributed by atoms with Gasteiger partial charge in [-0.2, -0.15) is 0 Å². The van der Waals surface area contributed by atoms with Crippen molar-refractivity contribution >= 4 is 0 Å². The summed E-state index contributed by atoms with van der Waals surface area (Å²) in [5.74, 6) is 3.90. The third kappa shape index (κ3) is 3.25. The van der Waals surface area contributed by atoms with Crippen LogP contribution in [0.2, 0.25) is 0 Å². The van der Waals surface area contributed by atoms with Crippen LogP contribution in [0, 0.1) is 23.7 Å². The van der Waals surface area contributed by atoms with E-state index in [1.807, 2.05) is 0 Å². The standard InChI is InChI=1S/C21H36O/c1-3-9-16(10-4-1)19-15-21(17-11-5-2-6-12-17)22-20-14-8-7-13-18(19)20/h16-21H,1-15H2. The maximum absolute atomic E-state index is 6.75. The van der Waals surface area contributed by atoms with E-state index in [0.29, 0.717) is 12.2 Å². The normalized spacial score (nSPS) is 42.0. The van der Waals surface area contributed by atoms with E-state index >= 15 is 0 Å². The van der Waals surface area contributed by atoms with Crippen LogP contribution in [0.1, 0.15) is 96.3 Å². The molecule has 0 aromatic heterocycles. The fraction of sp³-hybridized carbons (Fsp3) is 1.00. The van der Waals surface area contributed by atoms with Crippen LogP contribution in [-0.2, 0) is 4.74 Å². The topological polar surface area (TPSA) is 9.23 Å². The second-order valence-electron chi connectivity index (χ2n) is 8.86. The first-order chi connectivity index (χ1) is 10.9. The average Bonchev–Trinajstić information content (AvgIpc) is 2.62. The maximum atomic E-state index is 6.75. The lowest BCUT2D eigenvalue weighted by molar-refractivity contribution is -0.159. The van der Waals surface area contributed by atoms with E-state index in [-0.39, 0.29) is 0 Å². The Hall–Kier alpha value is -0.0400. The van der Waals surface area contributed by atoms with Crippen LogP contribution in [0.5, 0.6) is 0 Å². The molecule has 4 unspecified atom stereocenters. The highest BCUT2D eigenvalue weighted by Crippen LogP contribution is 2.48. The summed E-state index contributed by atoms with van der Waals surface area (Å²) >= 11 is 0. The van der Waals surface area contributed by atoms with Crippen LogP contribution in [0.3, 0.4) is 0 Å². The summed E-state index contributed by atoms with van der Waals surface area (Å²) in [6.07, 6.45) is 23.3. The molecule has 1 heterocycles. The molecule has 0 aromatic rings. The minimum absolute atomic E-state index is 0.631. The van der Waals surface area contributed by atoms with Crippen LogP contribution < -0.4 is 0 Å². The van der Waals surface area contributed by atoms with Crippen LogP contribution in [0.25, 0.3) is 0 Å². The van der Waals surface area contributed by atoms with Crippen molar-refractivity contribution in [1.82, 2.24) is 0 Å². The van der Waals surface area contributed by atoms with Gasteiger partial charge in [0.2, 0.25) is 0 Å². The Balaban J connectivity index is 1.48. The molecule has 4 fully saturated rings. The number of hydrogen-bond acceptors (Lipinski definition) is 1. The Morgan fingerprint density at radius 1 is 0.455 bits per heavy atom. The lowest BCUT2D eigenvalue weighted by Gasteiger charge is -2.50. The summed E-state index contributed by atoms with van der Waals surface area (Å²) < 4.78 is 6.75. The number of ether oxygens (including phenoxy) is 1. The Kier molecular flexibility index (Phi) is 5.10. The predicted molar refractivity (Wildman–Crippen MR) is 91.9 cm³/mol. The monoisotopic (exact) mass is 304 g/mol. The molecule has 0 bridgehead atoms. The van der Waals surface area contributed by atoms with Crippen molar-refractivity contribution in [3.05, 3.63) is 0 Å². The van der Waals surface area contributed by atoms with E-state index < -0.39 is 0 Å². The molecule has 1 saturated heterocycles. The summed E-state index contributed by atoms with van der Waals surface area (Å²) in [5, 5.41) is 0. The molecule has 3 saturated carbocycles. The minimum Gasteiger partial charge on any atom is -0.374 e. The third-order valence-electron chi connectivity index (χ3n) is 7.59. The fourth-order valence-electron chi connectivity index (χ4n) is 6.42. The average molecular weight is 305 g/mol. The Labute approximate surface area is 137 Å². The van der Waals surface area contributed by atoms with Gasteiger partial charge >= 0.3 is 0 Å². The van der Waals surface area contributed by atoms with Crippen LogP contribution >= 0.6 is 0 Å². The van der Waals surface area contributed by atoms with Gasteiger partial charge in [-0.15, -0.1) is 0 Å². The van der Waals surface area contributed by atoms with Crippen molar-refractivity contribution < 1.29 is 4.74 Å². The molecular formula is C21H36O. The van der Waals surface area contributed by atoms with Gasteiger partial charge in [0, 0.05) is 0 Å². The predicted octanol–water partition coefficient (Wildman–Crippen LogP) is 6.11. The summed E-state index contributed by atoms with van der Waals surface area (Å²) in [7, 11) is 0. The fourth-order valence-corrected chi connectivity index (χ4v) is 6.42. The van der Waals surface area contributed by atoms with Crippen molar-refractivity contribution in [1.29, 1.82) is 0 Å². The van der Waals surface area contributed by atoms with Gasteiger partial charge in [-0.3, -0.25) is 0 Å². The molecule has 0 aromatic carbocycles. The van der Waals surface area contributed by atoms with Crippen molar-refractivity contribution in [3.63, 3.8) is 0 Å². The highest BCUT2D eigenvalue weighted by molar-refractivity contribution is 4.93. The number of rotatable bonds is 2. The van der Waals surface area contributed by atoms with E-state index in [1.54, 1.807) is 0 Å². The Bertz CT molecular complexity index is 340. The Morgan fingerprint density at radius 3 is 1.77 bits per heavy atom. The molecule has 0 N–H and O–H groups in total. The second kappa shape index (κ2) is 7.24. The molecule has 1 aliphatic heterocycles. The zero-order valence-electron chi connectivity index (χ0n) is 14.5. The smallest absolute Gasteiger partial charge is 0.0610 e. The summed E-state index contributed by atoms with van der Waals surface area (Å²) in [6, 6.07) is 0. The molecule has 4 rings (SSSR count). The zero-order valence-corrected chi connectivity index (χ0v) is 14.5. The second-order valence-corrected chi connectivity index (χ2v) is 8.86. The SMILES string of the molecule is C1CCC(C2CC(C3CCCCC3)C3CCCCC3O2)CC1. The minimum atomic E-state index is 0.631. The lowest BCUT2D eigenvalue weighted by Crippen LogP contribution is -2.48. The van der Waals surface area contributed by atoms with Gasteiger partial charge < -0.3 is 4.74 Å². The van der Waals surface area contributed by atoms with Crippen LogP contribution in [0.4, 0.5) is 0 Å². The van der Waals surface area contributed by atoms with Crippen molar-refractivity contribution in [3.8, 4) is 0 Å². The van der Waals surface area contributed by atoms with Crippen LogP contribution in [0.15, 0.2) is 0 Å². The Morgan fingerprint density at radius 2 is 1.05 bits per heavy atom. The molecular weight excluding hydrogens is 268 g/mol. The van der Waals surface area contributed by atoms with E-state index in [2.05, 4.69) is 0 Å². The molecule has 4 aliphatic rings. The van der Waals surface area contributed by atoms with Crippen molar-refractivity contribution in [2.45, 2.75) is 109 Å². The first kappa shape index (κ1) is 15.5. The van der Waals surface area contributed by atoms with Crippen molar-refractivity contribution in [2.24, 2.45) is 23.7 Å². The van der Waals surface area contributed by atoms with Gasteiger partial charge in [0.1, 0.15) is 0 Å². The van der Waals surface area contributed by atoms with Gasteiger partial charge in [0.15, 0.2) is 0 Å². The zero-order chi connectivity index (χ0) is 14.8. The third-order valence-corrected chi connectivity index (χ3v) is 7.59. The molecule has 126 valence electrons. The summed E-state index contributed by atoms with van der Waals surface area (Å²) in [6.45, 7) is 0. The molecule has 0 radical (unpaired) electrons. The molecule has 1 heteroatoms. The lowest BCUT2D eigenvalue weighted by atomic mass is 9.64. The van der Waals surface area contributed by atoms with Gasteiger partial charge in [0.05, 0.1) is 12.2 Å². The maximum Gasteiger partial charge on any atom is 0.0610 e. The molecule has 3 aliphatic carbocycles. The van der Waals surface area contributed by atoms with Crippen LogP contribution in [-0.4, -0.2) is 12.2 Å². The molecule has 22 heavy (non-hydrogen) atoms. The van der Waals surface area contributed by atoms with Gasteiger partial charge in [-0.25, -0.2) is 0 Å².